The highest BCUT2D eigenvalue weighted by Gasteiger charge is 2.28. The number of hydrogen-bond donors (Lipinski definition) is 3. The quantitative estimate of drug-likeness (QED) is 0.579. The zero-order valence-electron chi connectivity index (χ0n) is 9.94. The van der Waals surface area contributed by atoms with Crippen molar-refractivity contribution in [2.24, 2.45) is 0 Å². The molecular weight excluding hydrogens is 246 g/mol. The van der Waals surface area contributed by atoms with Gasteiger partial charge in [0.1, 0.15) is 0 Å². The molecule has 17 heavy (non-hydrogen) atoms. The molecule has 0 aliphatic carbocycles. The molecule has 6 nitrogen and oxygen atoms in total. The fourth-order valence-electron chi connectivity index (χ4n) is 1.72. The highest BCUT2D eigenvalue weighted by Crippen LogP contribution is 2.04. The zero-order chi connectivity index (χ0) is 12.0. The Kier molecular flexibility index (Phi) is 7.86. The van der Waals surface area contributed by atoms with Crippen LogP contribution in [0.15, 0.2) is 0 Å². The molecule has 0 saturated carbocycles. The summed E-state index contributed by atoms with van der Waals surface area (Å²) in [5.41, 5.74) is 0. The van der Waals surface area contributed by atoms with Crippen LogP contribution in [0.25, 0.3) is 0 Å². The summed E-state index contributed by atoms with van der Waals surface area (Å²) < 4.78 is 0. The molecule has 0 radical (unpaired) electrons. The van der Waals surface area contributed by atoms with E-state index in [1.54, 1.807) is 4.90 Å². The second kappa shape index (κ2) is 8.27. The topological polar surface area (TPSA) is 81.7 Å². The number of hydrogen-bond acceptors (Lipinski definition) is 4. The number of aliphatic hydroxyl groups is 1. The van der Waals surface area contributed by atoms with Crippen molar-refractivity contribution in [1.29, 1.82) is 0 Å². The van der Waals surface area contributed by atoms with Crippen molar-refractivity contribution in [3.05, 3.63) is 0 Å². The van der Waals surface area contributed by atoms with E-state index in [4.69, 9.17) is 5.11 Å². The van der Waals surface area contributed by atoms with E-state index in [2.05, 4.69) is 10.6 Å². The number of carbonyl (C=O) groups is 2. The smallest absolute Gasteiger partial charge is 0.240 e. The standard InChI is InChI=1S/C10H19N3O3.ClH/c1-2-13-5-3-11-8(10(13)16)7-9(15)12-4-6-14;/h8,11,14H,2-7H2,1H3,(H,12,15);1H. The molecule has 2 amide bonds. The van der Waals surface area contributed by atoms with Gasteiger partial charge in [-0.3, -0.25) is 9.59 Å². The molecule has 3 N–H and O–H groups in total. The number of carbonyl (C=O) groups excluding carboxylic acids is 2. The molecule has 1 unspecified atom stereocenters. The largest absolute Gasteiger partial charge is 0.395 e. The molecule has 0 bridgehead atoms. The van der Waals surface area contributed by atoms with Gasteiger partial charge in [0.05, 0.1) is 19.1 Å². The number of halogens is 1. The summed E-state index contributed by atoms with van der Waals surface area (Å²) in [6, 6.07) is -0.424. The lowest BCUT2D eigenvalue weighted by atomic mass is 10.1. The third-order valence-electron chi connectivity index (χ3n) is 2.59. The minimum atomic E-state index is -0.424. The van der Waals surface area contributed by atoms with Gasteiger partial charge >= 0.3 is 0 Å². The highest BCUT2D eigenvalue weighted by atomic mass is 35.5. The van der Waals surface area contributed by atoms with Gasteiger partial charge in [-0.2, -0.15) is 0 Å². The molecule has 0 spiro atoms. The van der Waals surface area contributed by atoms with Crippen LogP contribution in [0, 0.1) is 0 Å². The van der Waals surface area contributed by atoms with E-state index in [0.717, 1.165) is 6.54 Å². The molecular formula is C10H20ClN3O3. The molecule has 7 heteroatoms. The molecule has 1 atom stereocenters. The van der Waals surface area contributed by atoms with Crippen molar-refractivity contribution >= 4 is 24.2 Å². The van der Waals surface area contributed by atoms with E-state index in [-0.39, 0.29) is 43.8 Å². The lowest BCUT2D eigenvalue weighted by Gasteiger charge is -2.32. The average Bonchev–Trinajstić information content (AvgIpc) is 2.29. The van der Waals surface area contributed by atoms with Gasteiger partial charge in [0.15, 0.2) is 0 Å². The van der Waals surface area contributed by atoms with Gasteiger partial charge in [-0.1, -0.05) is 0 Å². The normalized spacial score (nSPS) is 19.8. The number of nitrogens with zero attached hydrogens (tertiary/aromatic N) is 1. The third-order valence-corrected chi connectivity index (χ3v) is 2.59. The van der Waals surface area contributed by atoms with E-state index >= 15 is 0 Å². The van der Waals surface area contributed by atoms with E-state index in [9.17, 15) is 9.59 Å². The van der Waals surface area contributed by atoms with Gasteiger partial charge in [0, 0.05) is 26.2 Å². The van der Waals surface area contributed by atoms with Gasteiger partial charge in [-0.05, 0) is 6.92 Å². The summed E-state index contributed by atoms with van der Waals surface area (Å²) >= 11 is 0. The molecule has 1 aliphatic rings. The predicted octanol–water partition coefficient (Wildman–Crippen LogP) is -1.27. The number of rotatable bonds is 5. The summed E-state index contributed by atoms with van der Waals surface area (Å²) in [6.07, 6.45) is 0.134. The van der Waals surface area contributed by atoms with E-state index in [1.165, 1.54) is 0 Å². The van der Waals surface area contributed by atoms with Crippen LogP contribution in [0.3, 0.4) is 0 Å². The minimum Gasteiger partial charge on any atom is -0.395 e. The average molecular weight is 266 g/mol. The fourth-order valence-corrected chi connectivity index (χ4v) is 1.72. The summed E-state index contributed by atoms with van der Waals surface area (Å²) in [7, 11) is 0. The predicted molar refractivity (Wildman–Crippen MR) is 66.0 cm³/mol. The minimum absolute atomic E-state index is 0. The third kappa shape index (κ3) is 4.89. The highest BCUT2D eigenvalue weighted by molar-refractivity contribution is 5.88. The molecule has 1 fully saturated rings. The van der Waals surface area contributed by atoms with Crippen molar-refractivity contribution in [3.8, 4) is 0 Å². The Bertz CT molecular complexity index is 263. The Morgan fingerprint density at radius 2 is 2.35 bits per heavy atom. The summed E-state index contributed by atoms with van der Waals surface area (Å²) in [4.78, 5) is 24.9. The SMILES string of the molecule is CCN1CCNC(CC(=O)NCCO)C1=O.Cl. The van der Waals surface area contributed by atoms with Crippen molar-refractivity contribution in [3.63, 3.8) is 0 Å². The first-order chi connectivity index (χ1) is 7.69. The maximum Gasteiger partial charge on any atom is 0.240 e. The molecule has 0 aromatic carbocycles. The van der Waals surface area contributed by atoms with Crippen LogP contribution in [0.5, 0.6) is 0 Å². The van der Waals surface area contributed by atoms with Crippen molar-refractivity contribution < 1.29 is 14.7 Å². The number of amides is 2. The molecule has 0 aromatic rings. The molecule has 1 heterocycles. The Hall–Kier alpha value is -0.850. The molecule has 0 aromatic heterocycles. The van der Waals surface area contributed by atoms with Crippen LogP contribution in [-0.4, -0.2) is 60.6 Å². The molecule has 1 saturated heterocycles. The van der Waals surface area contributed by atoms with Crippen LogP contribution in [0.1, 0.15) is 13.3 Å². The number of aliphatic hydroxyl groups excluding tert-OH is 1. The van der Waals surface area contributed by atoms with E-state index in [1.807, 2.05) is 6.92 Å². The van der Waals surface area contributed by atoms with Crippen LogP contribution in [0.4, 0.5) is 0 Å². The Balaban J connectivity index is 0.00000256. The van der Waals surface area contributed by atoms with Crippen LogP contribution >= 0.6 is 12.4 Å². The van der Waals surface area contributed by atoms with E-state index in [0.29, 0.717) is 13.1 Å². The second-order valence-electron chi connectivity index (χ2n) is 3.70. The van der Waals surface area contributed by atoms with Gasteiger partial charge in [-0.25, -0.2) is 0 Å². The second-order valence-corrected chi connectivity index (χ2v) is 3.70. The summed E-state index contributed by atoms with van der Waals surface area (Å²) in [6.45, 7) is 4.17. The van der Waals surface area contributed by atoms with Crippen molar-refractivity contribution in [2.45, 2.75) is 19.4 Å². The lowest BCUT2D eigenvalue weighted by molar-refractivity contribution is -0.138. The first-order valence-electron chi connectivity index (χ1n) is 5.58. The molecule has 1 rings (SSSR count). The molecule has 1 aliphatic heterocycles. The fraction of sp³-hybridized carbons (Fsp3) is 0.800. The summed E-state index contributed by atoms with van der Waals surface area (Å²) in [5.74, 6) is -0.231. The van der Waals surface area contributed by atoms with Crippen LogP contribution in [-0.2, 0) is 9.59 Å². The first kappa shape index (κ1) is 16.1. The maximum absolute atomic E-state index is 11.8. The molecule has 100 valence electrons. The lowest BCUT2D eigenvalue weighted by Crippen LogP contribution is -2.56. The number of likely N-dealkylation sites (N-methyl/N-ethyl adjacent to an activating group) is 1. The number of piperazine rings is 1. The van der Waals surface area contributed by atoms with Crippen LogP contribution in [0.2, 0.25) is 0 Å². The van der Waals surface area contributed by atoms with Gasteiger partial charge in [0.2, 0.25) is 11.8 Å². The Morgan fingerprint density at radius 3 is 2.94 bits per heavy atom. The van der Waals surface area contributed by atoms with Crippen molar-refractivity contribution in [1.82, 2.24) is 15.5 Å². The Morgan fingerprint density at radius 1 is 1.65 bits per heavy atom. The van der Waals surface area contributed by atoms with Gasteiger partial charge in [-0.15, -0.1) is 12.4 Å². The maximum atomic E-state index is 11.8. The first-order valence-corrected chi connectivity index (χ1v) is 5.58. The van der Waals surface area contributed by atoms with Crippen molar-refractivity contribution in [2.75, 3.05) is 32.8 Å². The van der Waals surface area contributed by atoms with E-state index < -0.39 is 6.04 Å². The monoisotopic (exact) mass is 265 g/mol. The van der Waals surface area contributed by atoms with Gasteiger partial charge < -0.3 is 20.6 Å². The summed E-state index contributed by atoms with van der Waals surface area (Å²) in [5, 5.41) is 14.1. The number of nitrogens with one attached hydrogen (secondary N) is 2. The Labute approximate surface area is 107 Å². The zero-order valence-corrected chi connectivity index (χ0v) is 10.8. The van der Waals surface area contributed by atoms with Gasteiger partial charge in [0.25, 0.3) is 0 Å². The van der Waals surface area contributed by atoms with Crippen LogP contribution < -0.4 is 10.6 Å².